The van der Waals surface area contributed by atoms with Crippen LogP contribution in [0.15, 0.2) is 59.6 Å². The maximum Gasteiger partial charge on any atom is 0.177 e. The van der Waals surface area contributed by atoms with Crippen LogP contribution in [0.2, 0.25) is 0 Å². The van der Waals surface area contributed by atoms with Crippen LogP contribution >= 0.6 is 0 Å². The lowest BCUT2D eigenvalue weighted by Gasteiger charge is -2.34. The van der Waals surface area contributed by atoms with Gasteiger partial charge in [0.15, 0.2) is 9.84 Å². The number of nitriles is 1. The van der Waals surface area contributed by atoms with E-state index in [1.54, 1.807) is 12.1 Å². The van der Waals surface area contributed by atoms with E-state index < -0.39 is 9.84 Å². The monoisotopic (exact) mass is 362 g/mol. The molecule has 26 heavy (non-hydrogen) atoms. The molecule has 1 aromatic heterocycles. The molecule has 0 amide bonds. The highest BCUT2D eigenvalue weighted by Gasteiger charge is 2.38. The van der Waals surface area contributed by atoms with E-state index in [1.807, 2.05) is 24.3 Å². The van der Waals surface area contributed by atoms with E-state index in [2.05, 4.69) is 23.2 Å². The van der Waals surface area contributed by atoms with Crippen LogP contribution < -0.4 is 0 Å². The lowest BCUT2D eigenvalue weighted by molar-refractivity contribution is 0.282. The minimum absolute atomic E-state index is 0.0930. The molecule has 0 N–H and O–H groups in total. The minimum atomic E-state index is -3.26. The second-order valence-electron chi connectivity index (χ2n) is 7.04. The standard InChI is InChI=1S/C21H18N2O2S/c1-26(24,25)17-7-8-20(23-14-17)19-12-21(9-2-10-21)11-18(19)16-5-3-15(13-22)4-6-16/h3-8,11-12,14H,2,9-10H2,1H3. The van der Waals surface area contributed by atoms with Gasteiger partial charge in [0.25, 0.3) is 0 Å². The van der Waals surface area contributed by atoms with Crippen molar-refractivity contribution in [3.05, 3.63) is 71.6 Å². The highest BCUT2D eigenvalue weighted by Crippen LogP contribution is 2.53. The number of rotatable bonds is 3. The highest BCUT2D eigenvalue weighted by molar-refractivity contribution is 7.90. The number of pyridine rings is 1. The van der Waals surface area contributed by atoms with E-state index in [4.69, 9.17) is 5.26 Å². The molecule has 2 aliphatic carbocycles. The lowest BCUT2D eigenvalue weighted by Crippen LogP contribution is -2.22. The Bertz CT molecular complexity index is 1070. The molecular formula is C21H18N2O2S. The molecule has 4 rings (SSSR count). The Hall–Kier alpha value is -2.71. The topological polar surface area (TPSA) is 70.8 Å². The van der Waals surface area contributed by atoms with Gasteiger partial charge in [0.2, 0.25) is 0 Å². The smallest absolute Gasteiger partial charge is 0.177 e. The molecule has 0 aliphatic heterocycles. The number of allylic oxidation sites excluding steroid dienone is 4. The first kappa shape index (κ1) is 16.7. The quantitative estimate of drug-likeness (QED) is 0.827. The summed E-state index contributed by atoms with van der Waals surface area (Å²) in [7, 11) is -3.26. The fraction of sp³-hybridized carbons (Fsp3) is 0.238. The molecule has 4 nitrogen and oxygen atoms in total. The van der Waals surface area contributed by atoms with E-state index in [-0.39, 0.29) is 10.3 Å². The van der Waals surface area contributed by atoms with Crippen LogP contribution in [0, 0.1) is 16.7 Å². The molecular weight excluding hydrogens is 344 g/mol. The third-order valence-corrected chi connectivity index (χ3v) is 6.30. The molecule has 0 bridgehead atoms. The predicted octanol–water partition coefficient (Wildman–Crippen LogP) is 4.01. The van der Waals surface area contributed by atoms with Gasteiger partial charge in [0.05, 0.1) is 22.2 Å². The maximum absolute atomic E-state index is 11.7. The Morgan fingerprint density at radius 3 is 2.23 bits per heavy atom. The summed E-state index contributed by atoms with van der Waals surface area (Å²) >= 11 is 0. The summed E-state index contributed by atoms with van der Waals surface area (Å²) in [5.41, 5.74) is 4.69. The van der Waals surface area contributed by atoms with Crippen molar-refractivity contribution in [2.75, 3.05) is 6.26 Å². The summed E-state index contributed by atoms with van der Waals surface area (Å²) in [5, 5.41) is 9.01. The van der Waals surface area contributed by atoms with E-state index in [9.17, 15) is 8.42 Å². The van der Waals surface area contributed by atoms with Gasteiger partial charge in [-0.3, -0.25) is 4.98 Å². The average molecular weight is 362 g/mol. The van der Waals surface area contributed by atoms with Gasteiger partial charge >= 0.3 is 0 Å². The fourth-order valence-electron chi connectivity index (χ4n) is 3.58. The third-order valence-electron chi connectivity index (χ3n) is 5.20. The van der Waals surface area contributed by atoms with Gasteiger partial charge in [-0.2, -0.15) is 5.26 Å². The molecule has 2 aliphatic rings. The van der Waals surface area contributed by atoms with Crippen LogP contribution in [0.1, 0.15) is 36.1 Å². The summed E-state index contributed by atoms with van der Waals surface area (Å²) in [4.78, 5) is 4.64. The van der Waals surface area contributed by atoms with Crippen molar-refractivity contribution in [2.24, 2.45) is 5.41 Å². The van der Waals surface area contributed by atoms with Gasteiger partial charge in [-0.25, -0.2) is 8.42 Å². The lowest BCUT2D eigenvalue weighted by atomic mass is 9.70. The summed E-state index contributed by atoms with van der Waals surface area (Å²) in [6.45, 7) is 0. The Morgan fingerprint density at radius 1 is 1.04 bits per heavy atom. The Balaban J connectivity index is 1.76. The van der Waals surface area contributed by atoms with Gasteiger partial charge in [0, 0.05) is 23.4 Å². The molecule has 2 aromatic rings. The summed E-state index contributed by atoms with van der Waals surface area (Å²) in [6, 6.07) is 13.1. The van der Waals surface area contributed by atoms with Gasteiger partial charge in [0.1, 0.15) is 0 Å². The fourth-order valence-corrected chi connectivity index (χ4v) is 4.14. The van der Waals surface area contributed by atoms with Gasteiger partial charge in [-0.1, -0.05) is 30.7 Å². The van der Waals surface area contributed by atoms with Crippen molar-refractivity contribution in [1.82, 2.24) is 4.98 Å². The summed E-state index contributed by atoms with van der Waals surface area (Å²) in [5.74, 6) is 0. The molecule has 0 saturated heterocycles. The normalized spacial score (nSPS) is 18.0. The van der Waals surface area contributed by atoms with Crippen molar-refractivity contribution < 1.29 is 8.42 Å². The summed E-state index contributed by atoms with van der Waals surface area (Å²) in [6.07, 6.45) is 10.6. The molecule has 1 spiro atoms. The number of nitrogens with zero attached hydrogens (tertiary/aromatic N) is 2. The molecule has 0 radical (unpaired) electrons. The maximum atomic E-state index is 11.7. The number of sulfone groups is 1. The number of hydrogen-bond donors (Lipinski definition) is 0. The van der Waals surface area contributed by atoms with Crippen LogP contribution in [0.4, 0.5) is 0 Å². The van der Waals surface area contributed by atoms with Gasteiger partial charge < -0.3 is 0 Å². The van der Waals surface area contributed by atoms with Crippen LogP contribution in [0.3, 0.4) is 0 Å². The van der Waals surface area contributed by atoms with Gasteiger partial charge in [-0.15, -0.1) is 0 Å². The first-order valence-electron chi connectivity index (χ1n) is 8.53. The highest BCUT2D eigenvalue weighted by atomic mass is 32.2. The van der Waals surface area contributed by atoms with Crippen molar-refractivity contribution >= 4 is 21.0 Å². The van der Waals surface area contributed by atoms with Crippen LogP contribution in [-0.4, -0.2) is 19.7 Å². The minimum Gasteiger partial charge on any atom is -0.255 e. The predicted molar refractivity (Wildman–Crippen MR) is 101 cm³/mol. The summed E-state index contributed by atoms with van der Waals surface area (Å²) < 4.78 is 23.4. The number of hydrogen-bond acceptors (Lipinski definition) is 4. The SMILES string of the molecule is CS(=O)(=O)c1ccc(C2=CC3(C=C2c2ccc(C#N)cc2)CCC3)nc1. The van der Waals surface area contributed by atoms with E-state index >= 15 is 0 Å². The number of aromatic nitrogens is 1. The van der Waals surface area contributed by atoms with Crippen molar-refractivity contribution in [3.8, 4) is 6.07 Å². The van der Waals surface area contributed by atoms with Crippen molar-refractivity contribution in [2.45, 2.75) is 24.2 Å². The first-order chi connectivity index (χ1) is 12.4. The zero-order valence-electron chi connectivity index (χ0n) is 14.4. The largest absolute Gasteiger partial charge is 0.255 e. The second kappa shape index (κ2) is 5.93. The third kappa shape index (κ3) is 2.87. The Kier molecular flexibility index (Phi) is 3.82. The van der Waals surface area contributed by atoms with E-state index in [0.29, 0.717) is 5.56 Å². The molecule has 130 valence electrons. The van der Waals surface area contributed by atoms with Crippen LogP contribution in [0.5, 0.6) is 0 Å². The van der Waals surface area contributed by atoms with Crippen LogP contribution in [0.25, 0.3) is 11.1 Å². The molecule has 1 heterocycles. The average Bonchev–Trinajstić information content (AvgIpc) is 3.03. The van der Waals surface area contributed by atoms with Gasteiger partial charge in [-0.05, 0) is 48.2 Å². The Labute approximate surface area is 153 Å². The zero-order valence-corrected chi connectivity index (χ0v) is 15.3. The van der Waals surface area contributed by atoms with Crippen molar-refractivity contribution in [1.29, 1.82) is 5.26 Å². The first-order valence-corrected chi connectivity index (χ1v) is 10.4. The molecule has 1 fully saturated rings. The van der Waals surface area contributed by atoms with Crippen molar-refractivity contribution in [3.63, 3.8) is 0 Å². The Morgan fingerprint density at radius 2 is 1.73 bits per heavy atom. The molecule has 5 heteroatoms. The van der Waals surface area contributed by atoms with E-state index in [0.717, 1.165) is 35.2 Å². The molecule has 1 saturated carbocycles. The molecule has 1 aromatic carbocycles. The zero-order chi connectivity index (χ0) is 18.4. The number of benzene rings is 1. The molecule has 0 atom stereocenters. The molecule has 0 unspecified atom stereocenters. The second-order valence-corrected chi connectivity index (χ2v) is 9.06. The van der Waals surface area contributed by atoms with E-state index in [1.165, 1.54) is 18.9 Å². The van der Waals surface area contributed by atoms with Crippen LogP contribution in [-0.2, 0) is 9.84 Å².